The molecule has 3 fully saturated rings. The van der Waals surface area contributed by atoms with Crippen molar-refractivity contribution in [1.29, 1.82) is 0 Å². The van der Waals surface area contributed by atoms with Crippen molar-refractivity contribution in [2.75, 3.05) is 44.2 Å². The van der Waals surface area contributed by atoms with E-state index in [1.807, 2.05) is 0 Å². The number of rotatable bonds is 8. The Kier molecular flexibility index (Phi) is 10.1. The predicted octanol–water partition coefficient (Wildman–Crippen LogP) is 6.03. The Morgan fingerprint density at radius 1 is 0.907 bits per heavy atom. The fourth-order valence-electron chi connectivity index (χ4n) is 6.78. The fraction of sp³-hybridized carbons (Fsp3) is 0.700. The van der Waals surface area contributed by atoms with Gasteiger partial charge >= 0.3 is 12.4 Å². The molecular formula is C30H41F6N3O3S. The Labute approximate surface area is 249 Å². The first kappa shape index (κ1) is 33.6. The molecule has 13 heteroatoms. The van der Waals surface area contributed by atoms with Crippen molar-refractivity contribution in [2.24, 2.45) is 11.3 Å². The Morgan fingerprint density at radius 2 is 1.44 bits per heavy atom. The van der Waals surface area contributed by atoms with Crippen molar-refractivity contribution in [3.8, 4) is 0 Å². The molecular weight excluding hydrogens is 596 g/mol. The van der Waals surface area contributed by atoms with E-state index < -0.39 is 33.3 Å². The van der Waals surface area contributed by atoms with E-state index in [0.29, 0.717) is 25.9 Å². The van der Waals surface area contributed by atoms with Crippen LogP contribution >= 0.6 is 0 Å². The van der Waals surface area contributed by atoms with E-state index in [1.165, 1.54) is 5.57 Å². The highest BCUT2D eigenvalue weighted by molar-refractivity contribution is 7.91. The number of allylic oxidation sites excluding steroid dienone is 2. The summed E-state index contributed by atoms with van der Waals surface area (Å²) in [5.41, 5.74) is -0.948. The molecule has 43 heavy (non-hydrogen) atoms. The summed E-state index contributed by atoms with van der Waals surface area (Å²) in [5, 5.41) is 3.36. The van der Waals surface area contributed by atoms with Gasteiger partial charge in [-0.05, 0) is 87.7 Å². The Balaban J connectivity index is 1.54. The zero-order valence-electron chi connectivity index (χ0n) is 24.7. The molecule has 0 unspecified atom stereocenters. The number of hydrogen-bond donors (Lipinski definition) is 1. The predicted molar refractivity (Wildman–Crippen MR) is 152 cm³/mol. The molecule has 0 atom stereocenters. The van der Waals surface area contributed by atoms with Gasteiger partial charge in [-0.25, -0.2) is 8.42 Å². The maximum Gasteiger partial charge on any atom is 0.416 e. The topological polar surface area (TPSA) is 69.7 Å². The normalized spacial score (nSPS) is 21.3. The van der Waals surface area contributed by atoms with Crippen LogP contribution in [0.4, 0.5) is 26.3 Å². The summed E-state index contributed by atoms with van der Waals surface area (Å²) >= 11 is 0. The molecule has 2 heterocycles. The Morgan fingerprint density at radius 3 is 1.93 bits per heavy atom. The molecule has 242 valence electrons. The molecule has 0 bridgehead atoms. The number of carbonyl (C=O) groups excluding carboxylic acids is 1. The van der Waals surface area contributed by atoms with E-state index in [1.54, 1.807) is 4.90 Å². The van der Waals surface area contributed by atoms with Gasteiger partial charge in [-0.15, -0.1) is 0 Å². The quantitative estimate of drug-likeness (QED) is 0.353. The van der Waals surface area contributed by atoms with Gasteiger partial charge in [-0.3, -0.25) is 9.69 Å². The van der Waals surface area contributed by atoms with Gasteiger partial charge in [-0.2, -0.15) is 26.3 Å². The lowest BCUT2D eigenvalue weighted by molar-refractivity contribution is -0.143. The number of benzene rings is 1. The third-order valence-electron chi connectivity index (χ3n) is 8.88. The summed E-state index contributed by atoms with van der Waals surface area (Å²) in [6.45, 7) is 5.81. The highest BCUT2D eigenvalue weighted by Crippen LogP contribution is 2.47. The molecule has 4 rings (SSSR count). The largest absolute Gasteiger partial charge is 0.416 e. The van der Waals surface area contributed by atoms with Crippen LogP contribution in [-0.2, 0) is 33.5 Å². The summed E-state index contributed by atoms with van der Waals surface area (Å²) < 4.78 is 104. The molecule has 6 nitrogen and oxygen atoms in total. The summed E-state index contributed by atoms with van der Waals surface area (Å²) in [5.74, 6) is 0.112. The van der Waals surface area contributed by atoms with Gasteiger partial charge in [0.2, 0.25) is 5.91 Å². The Bertz CT molecular complexity index is 1240. The van der Waals surface area contributed by atoms with Crippen LogP contribution in [0.2, 0.25) is 0 Å². The number of likely N-dealkylation sites (tertiary alicyclic amines) is 1. The van der Waals surface area contributed by atoms with Crippen LogP contribution < -0.4 is 5.32 Å². The van der Waals surface area contributed by atoms with E-state index in [9.17, 15) is 39.6 Å². The zero-order valence-corrected chi connectivity index (χ0v) is 25.5. The third-order valence-corrected chi connectivity index (χ3v) is 10.5. The average molecular weight is 638 g/mol. The zero-order chi connectivity index (χ0) is 31.6. The molecule has 2 saturated heterocycles. The van der Waals surface area contributed by atoms with Crippen LogP contribution in [-0.4, -0.2) is 68.4 Å². The first-order valence-electron chi connectivity index (χ1n) is 14.9. The van der Waals surface area contributed by atoms with Gasteiger partial charge in [0.1, 0.15) is 0 Å². The van der Waals surface area contributed by atoms with Crippen LogP contribution in [0, 0.1) is 11.3 Å². The molecule has 1 aliphatic carbocycles. The average Bonchev–Trinajstić information content (AvgIpc) is 3.43. The molecule has 1 aromatic carbocycles. The van der Waals surface area contributed by atoms with Gasteiger partial charge in [0.15, 0.2) is 9.84 Å². The second-order valence-electron chi connectivity index (χ2n) is 12.6. The molecule has 1 saturated carbocycles. The lowest BCUT2D eigenvalue weighted by atomic mass is 9.68. The summed E-state index contributed by atoms with van der Waals surface area (Å²) in [7, 11) is -3.10. The minimum absolute atomic E-state index is 0.0326. The number of carbonyl (C=O) groups is 1. The van der Waals surface area contributed by atoms with Crippen LogP contribution in [0.1, 0.15) is 75.5 Å². The minimum atomic E-state index is -4.91. The van der Waals surface area contributed by atoms with Gasteiger partial charge in [0, 0.05) is 30.7 Å². The smallest absolute Gasteiger partial charge is 0.384 e. The summed E-state index contributed by atoms with van der Waals surface area (Å²) in [6, 6.07) is 1.72. The molecule has 3 aliphatic rings. The van der Waals surface area contributed by atoms with E-state index in [-0.39, 0.29) is 66.6 Å². The molecule has 1 aromatic rings. The number of alkyl halides is 6. The third kappa shape index (κ3) is 8.67. The van der Waals surface area contributed by atoms with E-state index >= 15 is 0 Å². The molecule has 1 amide bonds. The van der Waals surface area contributed by atoms with Crippen LogP contribution in [0.3, 0.4) is 0 Å². The number of nitrogens with zero attached hydrogens (tertiary/aromatic N) is 2. The molecule has 0 spiro atoms. The minimum Gasteiger partial charge on any atom is -0.384 e. The molecule has 2 aliphatic heterocycles. The number of piperidine rings is 1. The standard InChI is InChI=1S/C30H41F6N3O3S/c1-21(2)18-28(7-9-38(10-8-28)20-26(40)39-11-13-43(41,42)14-12-39)27(23-5-3-4-6-23)37-19-22-15-24(29(31,32)33)17-25(16-22)30(34,35)36/h15-17,21,37H,3-14,18-20H2,1-2H3. The van der Waals surface area contributed by atoms with E-state index in [4.69, 9.17) is 0 Å². The van der Waals surface area contributed by atoms with Gasteiger partial charge in [0.05, 0.1) is 29.2 Å². The van der Waals surface area contributed by atoms with E-state index in [2.05, 4.69) is 24.1 Å². The number of hydrogen-bond acceptors (Lipinski definition) is 5. The number of nitrogens with one attached hydrogen (secondary N) is 1. The number of amides is 1. The van der Waals surface area contributed by atoms with Crippen molar-refractivity contribution in [1.82, 2.24) is 15.1 Å². The van der Waals surface area contributed by atoms with Crippen LogP contribution in [0.15, 0.2) is 29.5 Å². The Hall–Kier alpha value is -2.28. The maximum atomic E-state index is 13.5. The van der Waals surface area contributed by atoms with Gasteiger partial charge in [0.25, 0.3) is 0 Å². The monoisotopic (exact) mass is 637 g/mol. The number of halogens is 6. The lowest BCUT2D eigenvalue weighted by Crippen LogP contribution is -2.50. The fourth-order valence-corrected chi connectivity index (χ4v) is 7.98. The van der Waals surface area contributed by atoms with Crippen molar-refractivity contribution in [3.63, 3.8) is 0 Å². The molecule has 0 aromatic heterocycles. The second-order valence-corrected chi connectivity index (χ2v) is 14.9. The second kappa shape index (κ2) is 13.0. The van der Waals surface area contributed by atoms with Crippen LogP contribution in [0.5, 0.6) is 0 Å². The van der Waals surface area contributed by atoms with E-state index in [0.717, 1.165) is 49.9 Å². The summed E-state index contributed by atoms with van der Waals surface area (Å²) in [6.07, 6.45) is -4.02. The lowest BCUT2D eigenvalue weighted by Gasteiger charge is -2.46. The van der Waals surface area contributed by atoms with Gasteiger partial charge < -0.3 is 10.2 Å². The highest BCUT2D eigenvalue weighted by Gasteiger charge is 2.41. The van der Waals surface area contributed by atoms with Crippen molar-refractivity contribution in [3.05, 3.63) is 46.2 Å². The van der Waals surface area contributed by atoms with Crippen molar-refractivity contribution < 1.29 is 39.6 Å². The van der Waals surface area contributed by atoms with Crippen molar-refractivity contribution >= 4 is 15.7 Å². The first-order chi connectivity index (χ1) is 20.0. The van der Waals surface area contributed by atoms with Crippen molar-refractivity contribution in [2.45, 2.75) is 77.7 Å². The highest BCUT2D eigenvalue weighted by atomic mass is 32.2. The molecule has 0 radical (unpaired) electrons. The maximum absolute atomic E-state index is 13.5. The van der Waals surface area contributed by atoms with Gasteiger partial charge in [-0.1, -0.05) is 19.4 Å². The summed E-state index contributed by atoms with van der Waals surface area (Å²) in [4.78, 5) is 16.6. The number of sulfone groups is 1. The molecule has 1 N–H and O–H groups in total. The first-order valence-corrected chi connectivity index (χ1v) is 16.7. The SMILES string of the molecule is CC(C)CC1(C(NCc2cc(C(F)(F)F)cc(C(F)(F)F)c2)=C2CCCC2)CCN(CC(=O)N2CCS(=O)(=O)CC2)CC1. The van der Waals surface area contributed by atoms with Crippen LogP contribution in [0.25, 0.3) is 0 Å².